The lowest BCUT2D eigenvalue weighted by molar-refractivity contribution is 1.18. The first kappa shape index (κ1) is 27.4. The Labute approximate surface area is 277 Å². The molecule has 0 N–H and O–H groups in total. The normalized spacial score (nSPS) is 11.3. The molecule has 0 saturated carbocycles. The van der Waals surface area contributed by atoms with Crippen molar-refractivity contribution in [2.45, 2.75) is 0 Å². The van der Waals surface area contributed by atoms with Gasteiger partial charge in [0.1, 0.15) is 12.1 Å². The monoisotopic (exact) mass is 610 g/mol. The van der Waals surface area contributed by atoms with E-state index in [2.05, 4.69) is 137 Å². The summed E-state index contributed by atoms with van der Waals surface area (Å²) in [5, 5.41) is 25.2. The van der Waals surface area contributed by atoms with Gasteiger partial charge in [0, 0.05) is 32.8 Å². The number of nitrogens with zero attached hydrogens (tertiary/aromatic N) is 4. The van der Waals surface area contributed by atoms with Gasteiger partial charge in [0.15, 0.2) is 0 Å². The van der Waals surface area contributed by atoms with Crippen LogP contribution in [-0.2, 0) is 0 Å². The summed E-state index contributed by atoms with van der Waals surface area (Å²) in [6.45, 7) is 0. The van der Waals surface area contributed by atoms with Crippen molar-refractivity contribution in [3.63, 3.8) is 0 Å². The highest BCUT2D eigenvalue weighted by atomic mass is 15.0. The summed E-state index contributed by atoms with van der Waals surface area (Å²) in [5.41, 5.74) is 10.8. The number of nitriles is 2. The first-order chi connectivity index (χ1) is 23.7. The first-order valence-electron chi connectivity index (χ1n) is 15.9. The van der Waals surface area contributed by atoms with Crippen LogP contribution in [-0.4, -0.2) is 9.13 Å². The number of aromatic nitrogens is 2. The van der Waals surface area contributed by atoms with E-state index in [1.165, 1.54) is 10.8 Å². The van der Waals surface area contributed by atoms with Crippen molar-refractivity contribution in [1.82, 2.24) is 9.13 Å². The second-order valence-electron chi connectivity index (χ2n) is 12.0. The van der Waals surface area contributed by atoms with Crippen LogP contribution in [0.2, 0.25) is 0 Å². The summed E-state index contributed by atoms with van der Waals surface area (Å²) in [5.74, 6) is 0. The number of hydrogen-bond donors (Lipinski definition) is 0. The van der Waals surface area contributed by atoms with E-state index in [9.17, 15) is 10.5 Å². The van der Waals surface area contributed by atoms with E-state index in [1.807, 2.05) is 36.4 Å². The van der Waals surface area contributed by atoms with Crippen LogP contribution in [0.5, 0.6) is 0 Å². The highest BCUT2D eigenvalue weighted by molar-refractivity contribution is 6.11. The van der Waals surface area contributed by atoms with Gasteiger partial charge in [0.25, 0.3) is 0 Å². The molecule has 0 radical (unpaired) electrons. The Bertz CT molecular complexity index is 2750. The maximum atomic E-state index is 10.5. The SMILES string of the molecule is N#Cc1ccc(-n2c3ccccc3c3ccccc32)c(-c2cccc(-c3ccc4c(c3)c3ccccc3n4-c3ccccc3)c2)c1C#N. The van der Waals surface area contributed by atoms with Crippen LogP contribution in [0.15, 0.2) is 158 Å². The molecule has 0 aliphatic rings. The summed E-state index contributed by atoms with van der Waals surface area (Å²) in [6.07, 6.45) is 0. The van der Waals surface area contributed by atoms with Gasteiger partial charge in [0.2, 0.25) is 0 Å². The number of benzene rings is 7. The first-order valence-corrected chi connectivity index (χ1v) is 15.9. The predicted octanol–water partition coefficient (Wildman–Crippen LogP) is 11.0. The van der Waals surface area contributed by atoms with E-state index in [-0.39, 0.29) is 0 Å². The zero-order valence-electron chi connectivity index (χ0n) is 25.8. The van der Waals surface area contributed by atoms with E-state index >= 15 is 0 Å². The molecule has 2 aromatic heterocycles. The Hall–Kier alpha value is -6.88. The van der Waals surface area contributed by atoms with Gasteiger partial charge in [0.05, 0.1) is 38.9 Å². The molecular weight excluding hydrogens is 585 g/mol. The van der Waals surface area contributed by atoms with Crippen molar-refractivity contribution >= 4 is 43.6 Å². The minimum Gasteiger partial charge on any atom is -0.309 e. The summed E-state index contributed by atoms with van der Waals surface area (Å²) in [6, 6.07) is 59.0. The second kappa shape index (κ2) is 10.9. The smallest absolute Gasteiger partial charge is 0.101 e. The maximum absolute atomic E-state index is 10.5. The molecule has 0 fully saturated rings. The van der Waals surface area contributed by atoms with Gasteiger partial charge in [-0.25, -0.2) is 0 Å². The lowest BCUT2D eigenvalue weighted by Crippen LogP contribution is -2.01. The zero-order valence-corrected chi connectivity index (χ0v) is 25.8. The lowest BCUT2D eigenvalue weighted by atomic mass is 9.92. The minimum atomic E-state index is 0.359. The molecule has 0 spiro atoms. The topological polar surface area (TPSA) is 57.4 Å². The van der Waals surface area contributed by atoms with Crippen LogP contribution < -0.4 is 0 Å². The molecule has 9 aromatic rings. The molecule has 7 aromatic carbocycles. The zero-order chi connectivity index (χ0) is 32.2. The average molecular weight is 611 g/mol. The number of rotatable bonds is 4. The Morgan fingerprint density at radius 2 is 0.958 bits per heavy atom. The molecule has 4 heteroatoms. The van der Waals surface area contributed by atoms with E-state index in [0.29, 0.717) is 11.1 Å². The third-order valence-corrected chi connectivity index (χ3v) is 9.41. The Morgan fingerprint density at radius 3 is 1.62 bits per heavy atom. The Balaban J connectivity index is 1.28. The van der Waals surface area contributed by atoms with Crippen LogP contribution in [0.4, 0.5) is 0 Å². The van der Waals surface area contributed by atoms with Gasteiger partial charge in [-0.3, -0.25) is 0 Å². The summed E-state index contributed by atoms with van der Waals surface area (Å²) in [7, 11) is 0. The van der Waals surface area contributed by atoms with Crippen molar-refractivity contribution in [3.05, 3.63) is 169 Å². The van der Waals surface area contributed by atoms with Gasteiger partial charge in [-0.1, -0.05) is 97.1 Å². The van der Waals surface area contributed by atoms with Crippen LogP contribution in [0.1, 0.15) is 11.1 Å². The summed E-state index contributed by atoms with van der Waals surface area (Å²) >= 11 is 0. The third kappa shape index (κ3) is 4.07. The van der Waals surface area contributed by atoms with Crippen molar-refractivity contribution < 1.29 is 0 Å². The molecule has 9 rings (SSSR count). The van der Waals surface area contributed by atoms with Crippen LogP contribution in [0.3, 0.4) is 0 Å². The molecule has 0 saturated heterocycles. The fraction of sp³-hybridized carbons (Fsp3) is 0. The molecule has 0 aliphatic carbocycles. The largest absolute Gasteiger partial charge is 0.309 e. The fourth-order valence-electron chi connectivity index (χ4n) is 7.32. The van der Waals surface area contributed by atoms with Crippen LogP contribution in [0, 0.1) is 22.7 Å². The van der Waals surface area contributed by atoms with Gasteiger partial charge >= 0.3 is 0 Å². The summed E-state index contributed by atoms with van der Waals surface area (Å²) < 4.78 is 4.54. The van der Waals surface area contributed by atoms with E-state index < -0.39 is 0 Å². The molecule has 4 nitrogen and oxygen atoms in total. The van der Waals surface area contributed by atoms with Gasteiger partial charge in [-0.2, -0.15) is 10.5 Å². The second-order valence-corrected chi connectivity index (χ2v) is 12.0. The van der Waals surface area contributed by atoms with E-state index in [0.717, 1.165) is 66.5 Å². The van der Waals surface area contributed by atoms with Crippen molar-refractivity contribution in [2.24, 2.45) is 0 Å². The Morgan fingerprint density at radius 1 is 0.396 bits per heavy atom. The molecule has 2 heterocycles. The highest BCUT2D eigenvalue weighted by Crippen LogP contribution is 2.40. The molecule has 0 atom stereocenters. The predicted molar refractivity (Wildman–Crippen MR) is 195 cm³/mol. The molecule has 0 bridgehead atoms. The molecule has 222 valence electrons. The van der Waals surface area contributed by atoms with Crippen LogP contribution in [0.25, 0.3) is 77.2 Å². The quantitative estimate of drug-likeness (QED) is 0.199. The molecular formula is C44H26N4. The van der Waals surface area contributed by atoms with Crippen molar-refractivity contribution in [1.29, 1.82) is 10.5 Å². The highest BCUT2D eigenvalue weighted by Gasteiger charge is 2.21. The lowest BCUT2D eigenvalue weighted by Gasteiger charge is -2.17. The fourth-order valence-corrected chi connectivity index (χ4v) is 7.32. The molecule has 0 aliphatic heterocycles. The van der Waals surface area contributed by atoms with Crippen molar-refractivity contribution in [2.75, 3.05) is 0 Å². The van der Waals surface area contributed by atoms with Gasteiger partial charge < -0.3 is 9.13 Å². The molecule has 0 unspecified atom stereocenters. The number of fused-ring (bicyclic) bond motifs is 6. The molecule has 48 heavy (non-hydrogen) atoms. The third-order valence-electron chi connectivity index (χ3n) is 9.41. The minimum absolute atomic E-state index is 0.359. The number of hydrogen-bond acceptors (Lipinski definition) is 2. The van der Waals surface area contributed by atoms with E-state index in [1.54, 1.807) is 6.07 Å². The summed E-state index contributed by atoms with van der Waals surface area (Å²) in [4.78, 5) is 0. The molecule has 0 amide bonds. The average Bonchev–Trinajstić information content (AvgIpc) is 3.67. The standard InChI is InChI=1S/C44H26N4/c45-27-32-22-24-43(48-40-19-8-4-15-34(40)35-16-5-9-20-41(35)48)44(38(32)28-46)31-12-10-11-29(25-31)30-21-23-42-37(26-30)36-17-6-7-18-39(36)47(42)33-13-2-1-3-14-33/h1-26H. The van der Waals surface area contributed by atoms with Gasteiger partial charge in [-0.15, -0.1) is 0 Å². The number of para-hydroxylation sites is 4. The Kier molecular flexibility index (Phi) is 6.22. The maximum Gasteiger partial charge on any atom is 0.101 e. The van der Waals surface area contributed by atoms with E-state index in [4.69, 9.17) is 0 Å². The van der Waals surface area contributed by atoms with Crippen LogP contribution >= 0.6 is 0 Å². The van der Waals surface area contributed by atoms with Gasteiger partial charge in [-0.05, 0) is 77.4 Å². The van der Waals surface area contributed by atoms with Crippen molar-refractivity contribution in [3.8, 4) is 45.8 Å².